The van der Waals surface area contributed by atoms with Gasteiger partial charge in [-0.15, -0.1) is 0 Å². The summed E-state index contributed by atoms with van der Waals surface area (Å²) in [6.07, 6.45) is 0. The molecule has 1 unspecified atom stereocenters. The molecule has 6 nitrogen and oxygen atoms in total. The second-order valence-corrected chi connectivity index (χ2v) is 6.01. The molecule has 0 spiro atoms. The number of primary sulfonamides is 1. The molecule has 0 aliphatic rings. The highest BCUT2D eigenvalue weighted by atomic mass is 32.2. The van der Waals surface area contributed by atoms with Gasteiger partial charge in [0.15, 0.2) is 0 Å². The monoisotopic (exact) mass is 305 g/mol. The maximum atomic E-state index is 12.1. The Morgan fingerprint density at radius 3 is 2.33 bits per heavy atom. The summed E-state index contributed by atoms with van der Waals surface area (Å²) in [4.78, 5) is 12.0. The SMILES string of the molecule is NC(C(=O)Nc1cccc(S(N)(=O)=O)c1)c1ccccc1. The second kappa shape index (κ2) is 6.04. The van der Waals surface area contributed by atoms with E-state index >= 15 is 0 Å². The number of hydrogen-bond acceptors (Lipinski definition) is 4. The first-order chi connectivity index (χ1) is 9.88. The van der Waals surface area contributed by atoms with Crippen LogP contribution in [0.15, 0.2) is 59.5 Å². The molecule has 0 radical (unpaired) electrons. The van der Waals surface area contributed by atoms with Gasteiger partial charge >= 0.3 is 0 Å². The van der Waals surface area contributed by atoms with Gasteiger partial charge in [0.05, 0.1) is 4.90 Å². The molecule has 0 aliphatic heterocycles. The van der Waals surface area contributed by atoms with Crippen molar-refractivity contribution in [3.8, 4) is 0 Å². The molecule has 2 aromatic carbocycles. The van der Waals surface area contributed by atoms with Gasteiger partial charge in [0.2, 0.25) is 15.9 Å². The van der Waals surface area contributed by atoms with Crippen molar-refractivity contribution in [1.82, 2.24) is 0 Å². The van der Waals surface area contributed by atoms with Crippen LogP contribution < -0.4 is 16.2 Å². The average Bonchev–Trinajstić information content (AvgIpc) is 2.47. The minimum Gasteiger partial charge on any atom is -0.324 e. The first kappa shape index (κ1) is 15.2. The molecular formula is C14H15N3O3S. The maximum absolute atomic E-state index is 12.1. The Balaban J connectivity index is 2.17. The highest BCUT2D eigenvalue weighted by Gasteiger charge is 2.16. The summed E-state index contributed by atoms with van der Waals surface area (Å²) >= 11 is 0. The van der Waals surface area contributed by atoms with E-state index in [-0.39, 0.29) is 4.90 Å². The number of nitrogens with one attached hydrogen (secondary N) is 1. The summed E-state index contributed by atoms with van der Waals surface area (Å²) in [5.74, 6) is -0.437. The van der Waals surface area contributed by atoms with Crippen molar-refractivity contribution in [2.75, 3.05) is 5.32 Å². The number of benzene rings is 2. The topological polar surface area (TPSA) is 115 Å². The molecule has 1 amide bonds. The second-order valence-electron chi connectivity index (χ2n) is 4.45. The molecule has 0 aromatic heterocycles. The summed E-state index contributed by atoms with van der Waals surface area (Å²) in [5.41, 5.74) is 6.84. The quantitative estimate of drug-likeness (QED) is 0.780. The molecule has 0 bridgehead atoms. The van der Waals surface area contributed by atoms with E-state index in [9.17, 15) is 13.2 Å². The lowest BCUT2D eigenvalue weighted by Crippen LogP contribution is -2.27. The molecule has 0 heterocycles. The lowest BCUT2D eigenvalue weighted by molar-refractivity contribution is -0.117. The van der Waals surface area contributed by atoms with Gasteiger partial charge in [-0.25, -0.2) is 13.6 Å². The molecule has 7 heteroatoms. The number of nitrogens with two attached hydrogens (primary N) is 2. The number of amides is 1. The minimum absolute atomic E-state index is 0.0754. The van der Waals surface area contributed by atoms with E-state index in [2.05, 4.69) is 5.32 Å². The van der Waals surface area contributed by atoms with E-state index < -0.39 is 22.0 Å². The first-order valence-electron chi connectivity index (χ1n) is 6.12. The molecule has 2 aromatic rings. The zero-order chi connectivity index (χ0) is 15.5. The van der Waals surface area contributed by atoms with E-state index in [1.807, 2.05) is 6.07 Å². The molecular weight excluding hydrogens is 290 g/mol. The Morgan fingerprint density at radius 1 is 1.05 bits per heavy atom. The third kappa shape index (κ3) is 3.88. The van der Waals surface area contributed by atoms with Gasteiger partial charge in [0, 0.05) is 5.69 Å². The third-order valence-electron chi connectivity index (χ3n) is 2.87. The Hall–Kier alpha value is -2.22. The van der Waals surface area contributed by atoms with Gasteiger partial charge in [-0.1, -0.05) is 36.4 Å². The number of carbonyl (C=O) groups is 1. The minimum atomic E-state index is -3.82. The number of carbonyl (C=O) groups excluding carboxylic acids is 1. The Kier molecular flexibility index (Phi) is 4.37. The van der Waals surface area contributed by atoms with Gasteiger partial charge in [-0.3, -0.25) is 4.79 Å². The predicted molar refractivity (Wildman–Crippen MR) is 79.8 cm³/mol. The van der Waals surface area contributed by atoms with Crippen molar-refractivity contribution in [2.45, 2.75) is 10.9 Å². The average molecular weight is 305 g/mol. The van der Waals surface area contributed by atoms with Crippen LogP contribution >= 0.6 is 0 Å². The fraction of sp³-hybridized carbons (Fsp3) is 0.0714. The van der Waals surface area contributed by atoms with Crippen LogP contribution in [0, 0.1) is 0 Å². The molecule has 110 valence electrons. The highest BCUT2D eigenvalue weighted by molar-refractivity contribution is 7.89. The fourth-order valence-electron chi connectivity index (χ4n) is 1.78. The first-order valence-corrected chi connectivity index (χ1v) is 7.67. The molecule has 0 fully saturated rings. The summed E-state index contributed by atoms with van der Waals surface area (Å²) < 4.78 is 22.5. The van der Waals surface area contributed by atoms with Crippen LogP contribution in [-0.4, -0.2) is 14.3 Å². The zero-order valence-electron chi connectivity index (χ0n) is 11.1. The van der Waals surface area contributed by atoms with Crippen LogP contribution in [-0.2, 0) is 14.8 Å². The van der Waals surface area contributed by atoms with Gasteiger partial charge in [-0.05, 0) is 23.8 Å². The van der Waals surface area contributed by atoms with E-state index in [1.54, 1.807) is 30.3 Å². The van der Waals surface area contributed by atoms with Crippen LogP contribution in [0.1, 0.15) is 11.6 Å². The number of anilines is 1. The van der Waals surface area contributed by atoms with Gasteiger partial charge in [0.25, 0.3) is 0 Å². The van der Waals surface area contributed by atoms with Crippen molar-refractivity contribution in [1.29, 1.82) is 0 Å². The summed E-state index contributed by atoms with van der Waals surface area (Å²) in [6, 6.07) is 13.7. The lowest BCUT2D eigenvalue weighted by Gasteiger charge is -2.13. The smallest absolute Gasteiger partial charge is 0.245 e. The molecule has 0 aliphatic carbocycles. The fourth-order valence-corrected chi connectivity index (χ4v) is 2.34. The van der Waals surface area contributed by atoms with E-state index in [4.69, 9.17) is 10.9 Å². The predicted octanol–water partition coefficient (Wildman–Crippen LogP) is 0.972. The van der Waals surface area contributed by atoms with Gasteiger partial charge < -0.3 is 11.1 Å². The maximum Gasteiger partial charge on any atom is 0.245 e. The van der Waals surface area contributed by atoms with Gasteiger partial charge in [-0.2, -0.15) is 0 Å². The molecule has 5 N–H and O–H groups in total. The lowest BCUT2D eigenvalue weighted by atomic mass is 10.1. The van der Waals surface area contributed by atoms with Gasteiger partial charge in [0.1, 0.15) is 6.04 Å². The van der Waals surface area contributed by atoms with E-state index in [0.29, 0.717) is 11.3 Å². The van der Waals surface area contributed by atoms with Crippen LogP contribution in [0.5, 0.6) is 0 Å². The number of sulfonamides is 1. The summed E-state index contributed by atoms with van der Waals surface area (Å²) in [7, 11) is -3.82. The molecule has 2 rings (SSSR count). The molecule has 0 saturated heterocycles. The standard InChI is InChI=1S/C14H15N3O3S/c15-13(10-5-2-1-3-6-10)14(18)17-11-7-4-8-12(9-11)21(16,19)20/h1-9,13H,15H2,(H,17,18)(H2,16,19,20). The Bertz CT molecular complexity index is 745. The van der Waals surface area contributed by atoms with Crippen molar-refractivity contribution in [3.63, 3.8) is 0 Å². The highest BCUT2D eigenvalue weighted by Crippen LogP contribution is 2.17. The summed E-state index contributed by atoms with van der Waals surface area (Å²) in [5, 5.41) is 7.61. The largest absolute Gasteiger partial charge is 0.324 e. The van der Waals surface area contributed by atoms with Crippen molar-refractivity contribution in [3.05, 3.63) is 60.2 Å². The number of rotatable bonds is 4. The van der Waals surface area contributed by atoms with Crippen molar-refractivity contribution >= 4 is 21.6 Å². The van der Waals surface area contributed by atoms with Crippen LogP contribution in [0.2, 0.25) is 0 Å². The van der Waals surface area contributed by atoms with E-state index in [1.165, 1.54) is 18.2 Å². The normalized spacial score (nSPS) is 12.7. The Labute approximate surface area is 122 Å². The van der Waals surface area contributed by atoms with Crippen molar-refractivity contribution < 1.29 is 13.2 Å². The third-order valence-corrected chi connectivity index (χ3v) is 3.78. The zero-order valence-corrected chi connectivity index (χ0v) is 11.9. The van der Waals surface area contributed by atoms with Crippen LogP contribution in [0.25, 0.3) is 0 Å². The summed E-state index contributed by atoms with van der Waals surface area (Å²) in [6.45, 7) is 0. The Morgan fingerprint density at radius 2 is 1.71 bits per heavy atom. The molecule has 1 atom stereocenters. The molecule has 21 heavy (non-hydrogen) atoms. The van der Waals surface area contributed by atoms with Crippen LogP contribution in [0.4, 0.5) is 5.69 Å². The van der Waals surface area contributed by atoms with Crippen molar-refractivity contribution in [2.24, 2.45) is 10.9 Å². The number of hydrogen-bond donors (Lipinski definition) is 3. The van der Waals surface area contributed by atoms with Crippen LogP contribution in [0.3, 0.4) is 0 Å². The van der Waals surface area contributed by atoms with E-state index in [0.717, 1.165) is 0 Å². The molecule has 0 saturated carbocycles.